The maximum atomic E-state index is 12.3. The molecule has 1 rings (SSSR count). The van der Waals surface area contributed by atoms with Crippen LogP contribution in [-0.2, 0) is 9.47 Å². The molecule has 0 aromatic heterocycles. The zero-order chi connectivity index (χ0) is 6.85. The summed E-state index contributed by atoms with van der Waals surface area (Å²) in [5.41, 5.74) is 0. The van der Waals surface area contributed by atoms with Crippen LogP contribution in [0.2, 0.25) is 0 Å². The molecule has 1 aliphatic heterocycles. The molecule has 1 aliphatic rings. The molecule has 0 saturated carbocycles. The third-order valence-electron chi connectivity index (χ3n) is 0.981. The van der Waals surface area contributed by atoms with Crippen LogP contribution in [-0.4, -0.2) is 0 Å². The maximum absolute atomic E-state index is 12.3. The van der Waals surface area contributed by atoms with E-state index in [2.05, 4.69) is 11.3 Å². The summed E-state index contributed by atoms with van der Waals surface area (Å²) in [5.74, 6) is 0.240. The van der Waals surface area contributed by atoms with Crippen molar-refractivity contribution in [1.29, 1.82) is 0 Å². The van der Waals surface area contributed by atoms with Gasteiger partial charge in [0, 0.05) is 6.42 Å². The van der Waals surface area contributed by atoms with Crippen molar-refractivity contribution in [2.75, 3.05) is 0 Å². The van der Waals surface area contributed by atoms with Gasteiger partial charge in [-0.05, 0) is 6.58 Å². The molecule has 0 aromatic carbocycles. The highest BCUT2D eigenvalue weighted by Crippen LogP contribution is 2.25. The predicted octanol–water partition coefficient (Wildman–Crippen LogP) is 2.05. The molecule has 0 fully saturated rings. The Morgan fingerprint density at radius 2 is 2.22 bits per heavy atom. The molecule has 0 atom stereocenters. The predicted molar refractivity (Wildman–Crippen MR) is 29.7 cm³/mol. The summed E-state index contributed by atoms with van der Waals surface area (Å²) in [4.78, 5) is 0. The van der Waals surface area contributed by atoms with E-state index in [1.165, 1.54) is 0 Å². The normalized spacial score (nSPS) is 17.8. The van der Waals surface area contributed by atoms with E-state index in [9.17, 15) is 4.39 Å². The van der Waals surface area contributed by atoms with Gasteiger partial charge in [-0.1, -0.05) is 6.92 Å². The molecule has 50 valence electrons. The fourth-order valence-electron chi connectivity index (χ4n) is 0.566. The Balaban J connectivity index is 2.69. The average Bonchev–Trinajstić information content (AvgIpc) is 2.10. The van der Waals surface area contributed by atoms with Gasteiger partial charge in [-0.25, -0.2) is 0 Å². The lowest BCUT2D eigenvalue weighted by Gasteiger charge is -1.92. The number of rotatable bonds is 1. The first-order chi connectivity index (χ1) is 4.24. The third kappa shape index (κ3) is 1.04. The summed E-state index contributed by atoms with van der Waals surface area (Å²) in [6.07, 6.45) is 0.491. The summed E-state index contributed by atoms with van der Waals surface area (Å²) in [6.45, 7) is 5.05. The molecule has 2 nitrogen and oxygen atoms in total. The number of allylic oxidation sites excluding steroid dienone is 1. The highest BCUT2D eigenvalue weighted by atomic mass is 19.1. The van der Waals surface area contributed by atoms with Crippen molar-refractivity contribution in [2.24, 2.45) is 0 Å². The van der Waals surface area contributed by atoms with E-state index < -0.39 is 6.01 Å². The van der Waals surface area contributed by atoms with Crippen LogP contribution in [0.4, 0.5) is 4.39 Å². The fraction of sp³-hybridized carbons (Fsp3) is 0.333. The second-order valence-corrected chi connectivity index (χ2v) is 1.63. The average molecular weight is 130 g/mol. The minimum Gasteiger partial charge on any atom is -0.424 e. The summed E-state index contributed by atoms with van der Waals surface area (Å²) < 4.78 is 21.4. The minimum atomic E-state index is -0.664. The first-order valence-electron chi connectivity index (χ1n) is 2.67. The molecule has 0 bridgehead atoms. The molecule has 0 spiro atoms. The first-order valence-corrected chi connectivity index (χ1v) is 2.67. The smallest absolute Gasteiger partial charge is 0.319 e. The second-order valence-electron chi connectivity index (χ2n) is 1.63. The van der Waals surface area contributed by atoms with Gasteiger partial charge in [0.1, 0.15) is 0 Å². The lowest BCUT2D eigenvalue weighted by Crippen LogP contribution is -1.79. The number of halogens is 1. The van der Waals surface area contributed by atoms with Gasteiger partial charge < -0.3 is 9.47 Å². The highest BCUT2D eigenvalue weighted by molar-refractivity contribution is 5.03. The maximum Gasteiger partial charge on any atom is 0.319 e. The van der Waals surface area contributed by atoms with Crippen LogP contribution in [0.15, 0.2) is 24.3 Å². The SMILES string of the molecule is C=C1OC(F)=C(CC)O1. The molecule has 0 aliphatic carbocycles. The van der Waals surface area contributed by atoms with Crippen LogP contribution in [0.5, 0.6) is 0 Å². The highest BCUT2D eigenvalue weighted by Gasteiger charge is 2.18. The number of hydrogen-bond donors (Lipinski definition) is 0. The summed E-state index contributed by atoms with van der Waals surface area (Å²) in [5, 5.41) is 0. The summed E-state index contributed by atoms with van der Waals surface area (Å²) in [6, 6.07) is -0.664. The molecule has 0 N–H and O–H groups in total. The molecular formula is C6H7FO2. The largest absolute Gasteiger partial charge is 0.424 e. The van der Waals surface area contributed by atoms with Crippen LogP contribution in [0, 0.1) is 0 Å². The van der Waals surface area contributed by atoms with Gasteiger partial charge in [-0.2, -0.15) is 4.39 Å². The zero-order valence-electron chi connectivity index (χ0n) is 5.11. The molecule has 3 heteroatoms. The Morgan fingerprint density at radius 3 is 2.44 bits per heavy atom. The fourth-order valence-corrected chi connectivity index (χ4v) is 0.566. The molecule has 9 heavy (non-hydrogen) atoms. The van der Waals surface area contributed by atoms with E-state index in [4.69, 9.17) is 4.74 Å². The number of hydrogen-bond acceptors (Lipinski definition) is 2. The van der Waals surface area contributed by atoms with Gasteiger partial charge in [0.05, 0.1) is 0 Å². The van der Waals surface area contributed by atoms with E-state index in [-0.39, 0.29) is 11.7 Å². The van der Waals surface area contributed by atoms with Crippen molar-refractivity contribution in [1.82, 2.24) is 0 Å². The van der Waals surface area contributed by atoms with Gasteiger partial charge in [0.2, 0.25) is 0 Å². The molecule has 0 radical (unpaired) electrons. The van der Waals surface area contributed by atoms with E-state index >= 15 is 0 Å². The van der Waals surface area contributed by atoms with Crippen LogP contribution in [0.3, 0.4) is 0 Å². The van der Waals surface area contributed by atoms with E-state index in [0.717, 1.165) is 0 Å². The quantitative estimate of drug-likeness (QED) is 0.540. The van der Waals surface area contributed by atoms with Crippen molar-refractivity contribution in [2.45, 2.75) is 13.3 Å². The van der Waals surface area contributed by atoms with Gasteiger partial charge in [0.15, 0.2) is 5.76 Å². The molecule has 0 aromatic rings. The summed E-state index contributed by atoms with van der Waals surface area (Å²) in [7, 11) is 0. The Labute approximate surface area is 52.6 Å². The van der Waals surface area contributed by atoms with Crippen LogP contribution in [0.1, 0.15) is 13.3 Å². The third-order valence-corrected chi connectivity index (χ3v) is 0.981. The summed E-state index contributed by atoms with van der Waals surface area (Å²) >= 11 is 0. The standard InChI is InChI=1S/C6H7FO2/c1-3-5-6(7)9-4(2)8-5/h2-3H2,1H3. The molecule has 0 saturated heterocycles. The van der Waals surface area contributed by atoms with Crippen molar-refractivity contribution < 1.29 is 13.9 Å². The molecule has 0 unspecified atom stereocenters. The zero-order valence-corrected chi connectivity index (χ0v) is 5.11. The van der Waals surface area contributed by atoms with Crippen molar-refractivity contribution in [3.8, 4) is 0 Å². The van der Waals surface area contributed by atoms with Crippen molar-refractivity contribution >= 4 is 0 Å². The Kier molecular flexibility index (Phi) is 1.42. The Bertz CT molecular complexity index is 172. The van der Waals surface area contributed by atoms with E-state index in [0.29, 0.717) is 6.42 Å². The van der Waals surface area contributed by atoms with Crippen LogP contribution >= 0.6 is 0 Å². The first kappa shape index (κ1) is 6.13. The van der Waals surface area contributed by atoms with E-state index in [1.807, 2.05) is 0 Å². The lowest BCUT2D eigenvalue weighted by molar-refractivity contribution is 0.152. The van der Waals surface area contributed by atoms with Gasteiger partial charge in [-0.15, -0.1) is 0 Å². The van der Waals surface area contributed by atoms with Crippen LogP contribution < -0.4 is 0 Å². The van der Waals surface area contributed by atoms with E-state index in [1.54, 1.807) is 6.92 Å². The monoisotopic (exact) mass is 130 g/mol. The molecular weight excluding hydrogens is 123 g/mol. The minimum absolute atomic E-state index is 0.0179. The molecule has 0 amide bonds. The van der Waals surface area contributed by atoms with Gasteiger partial charge in [-0.3, -0.25) is 0 Å². The Hall–Kier alpha value is -0.990. The van der Waals surface area contributed by atoms with Gasteiger partial charge >= 0.3 is 6.01 Å². The van der Waals surface area contributed by atoms with Gasteiger partial charge in [0.25, 0.3) is 5.95 Å². The number of ether oxygens (including phenoxy) is 2. The molecule has 1 heterocycles. The Morgan fingerprint density at radius 1 is 1.56 bits per heavy atom. The van der Waals surface area contributed by atoms with Crippen molar-refractivity contribution in [3.63, 3.8) is 0 Å². The van der Waals surface area contributed by atoms with Crippen LogP contribution in [0.25, 0.3) is 0 Å². The lowest BCUT2D eigenvalue weighted by atomic mass is 10.4. The second kappa shape index (κ2) is 2.09. The topological polar surface area (TPSA) is 18.5 Å². The van der Waals surface area contributed by atoms with Crippen molar-refractivity contribution in [3.05, 3.63) is 24.3 Å².